The number of carbonyl (C=O) groups excluding carboxylic acids is 1. The predicted molar refractivity (Wildman–Crippen MR) is 191 cm³/mol. The van der Waals surface area contributed by atoms with Crippen molar-refractivity contribution in [3.63, 3.8) is 0 Å². The number of hydrogen-bond acceptors (Lipinski definition) is 8. The van der Waals surface area contributed by atoms with Gasteiger partial charge in [-0.15, -0.1) is 0 Å². The number of benzene rings is 3. The number of hydrogen-bond donors (Lipinski definition) is 2. The number of methoxy groups -OCH3 is 3. The maximum absolute atomic E-state index is 14.2. The summed E-state index contributed by atoms with van der Waals surface area (Å²) in [6.45, 7) is 2.66. The summed E-state index contributed by atoms with van der Waals surface area (Å²) in [5.41, 5.74) is 2.77. The summed E-state index contributed by atoms with van der Waals surface area (Å²) in [7, 11) is 4.62. The fourth-order valence-corrected chi connectivity index (χ4v) is 7.78. The van der Waals surface area contributed by atoms with E-state index in [1.54, 1.807) is 49.6 Å². The Balaban J connectivity index is 1.49. The molecule has 11 nitrogen and oxygen atoms in total. The van der Waals surface area contributed by atoms with Crippen LogP contribution >= 0.6 is 23.2 Å². The highest BCUT2D eigenvalue weighted by Gasteiger charge is 2.38. The first-order valence-electron chi connectivity index (χ1n) is 16.6. The van der Waals surface area contributed by atoms with E-state index in [-0.39, 0.29) is 40.6 Å². The number of pyridine rings is 1. The van der Waals surface area contributed by atoms with Crippen LogP contribution in [0.5, 0.6) is 17.2 Å². The van der Waals surface area contributed by atoms with Crippen molar-refractivity contribution in [1.29, 1.82) is 0 Å². The molecule has 0 radical (unpaired) electrons. The third kappa shape index (κ3) is 7.80. The number of carboxylic acids is 1. The molecule has 7 rings (SSSR count). The Kier molecular flexibility index (Phi) is 11.1. The fourth-order valence-electron chi connectivity index (χ4n) is 7.17. The second-order valence-electron chi connectivity index (χ2n) is 12.7. The molecule has 3 aliphatic rings. The molecule has 2 bridgehead atoms. The maximum Gasteiger partial charge on any atom is 0.414 e. The number of carbonyl (C=O) groups is 2. The number of aromatic carboxylic acids is 1. The summed E-state index contributed by atoms with van der Waals surface area (Å²) in [6, 6.07) is 17.4. The van der Waals surface area contributed by atoms with Crippen molar-refractivity contribution in [1.82, 2.24) is 4.90 Å². The molecule has 3 fully saturated rings. The molecule has 2 N–H and O–H groups in total. The van der Waals surface area contributed by atoms with Crippen LogP contribution < -0.4 is 23.8 Å². The normalized spacial score (nSPS) is 18.5. The molecule has 268 valence electrons. The van der Waals surface area contributed by atoms with Crippen molar-refractivity contribution in [2.75, 3.05) is 45.9 Å². The van der Waals surface area contributed by atoms with Crippen LogP contribution in [0.15, 0.2) is 73.1 Å². The van der Waals surface area contributed by atoms with Crippen molar-refractivity contribution in [3.05, 3.63) is 111 Å². The minimum Gasteiger partial charge on any atom is -0.497 e. The molecule has 1 aromatic heterocycles. The minimum atomic E-state index is -1.15. The Morgan fingerprint density at radius 3 is 2.22 bits per heavy atom. The highest BCUT2D eigenvalue weighted by molar-refractivity contribution is 6.35. The van der Waals surface area contributed by atoms with E-state index in [0.717, 1.165) is 30.7 Å². The summed E-state index contributed by atoms with van der Waals surface area (Å²) in [5, 5.41) is 21.1. The first-order chi connectivity index (χ1) is 24.6. The van der Waals surface area contributed by atoms with Gasteiger partial charge in [0.25, 0.3) is 0 Å². The zero-order valence-electron chi connectivity index (χ0n) is 28.6. The van der Waals surface area contributed by atoms with Gasteiger partial charge in [0.15, 0.2) is 11.5 Å². The third-order valence-electron chi connectivity index (χ3n) is 9.84. The van der Waals surface area contributed by atoms with Gasteiger partial charge in [-0.2, -0.15) is 0 Å². The third-order valence-corrected chi connectivity index (χ3v) is 10.5. The first-order valence-corrected chi connectivity index (χ1v) is 17.4. The SMILES string of the molecule is COc1ccc(N(Cc2cccc(C(=O)O)c2[C@@H](Cc2c(Cl)c[n+](O)cc2Cl)c2ccc(OC)c(OC)c2)C(=O)O[C@H]2CN3CCC2CC3)cc1. The molecule has 2 atom stereocenters. The van der Waals surface area contributed by atoms with Gasteiger partial charge in [0.2, 0.25) is 12.4 Å². The molecular weight excluding hydrogens is 697 g/mol. The van der Waals surface area contributed by atoms with Gasteiger partial charge in [-0.3, -0.25) is 15.0 Å². The number of amides is 1. The molecule has 3 aliphatic heterocycles. The summed E-state index contributed by atoms with van der Waals surface area (Å²) in [4.78, 5) is 31.1. The van der Waals surface area contributed by atoms with Gasteiger partial charge in [0, 0.05) is 28.4 Å². The van der Waals surface area contributed by atoms with Crippen molar-refractivity contribution < 1.29 is 43.6 Å². The number of anilines is 1. The lowest BCUT2D eigenvalue weighted by Gasteiger charge is -2.44. The van der Waals surface area contributed by atoms with Crippen molar-refractivity contribution in [3.8, 4) is 17.2 Å². The van der Waals surface area contributed by atoms with Gasteiger partial charge >= 0.3 is 12.1 Å². The Morgan fingerprint density at radius 2 is 1.63 bits per heavy atom. The summed E-state index contributed by atoms with van der Waals surface area (Å²) >= 11 is 13.3. The number of ether oxygens (including phenoxy) is 4. The number of fused-ring (bicyclic) bond motifs is 3. The molecule has 3 saturated heterocycles. The predicted octanol–water partition coefficient (Wildman–Crippen LogP) is 6.85. The summed E-state index contributed by atoms with van der Waals surface area (Å²) < 4.78 is 23.5. The quantitative estimate of drug-likeness (QED) is 0.119. The molecule has 13 heteroatoms. The molecule has 0 unspecified atom stereocenters. The van der Waals surface area contributed by atoms with Gasteiger partial charge in [-0.1, -0.05) is 41.4 Å². The van der Waals surface area contributed by atoms with Crippen LogP contribution in [0.2, 0.25) is 10.0 Å². The average Bonchev–Trinajstić information content (AvgIpc) is 3.13. The second-order valence-corrected chi connectivity index (χ2v) is 13.5. The van der Waals surface area contributed by atoms with E-state index >= 15 is 0 Å². The van der Waals surface area contributed by atoms with Crippen molar-refractivity contribution in [2.24, 2.45) is 5.92 Å². The standard InChI is InChI=1S/C38H39Cl2N3O8/c1-48-27-10-8-26(9-11-27)43(38(46)51-35-22-41-15-13-23(35)14-16-41)19-25-5-4-6-28(37(44)45)36(25)29(18-30-31(39)20-42(47)21-32(30)40)24-7-12-33(49-2)34(17-24)50-3/h4-12,17,20-21,23,29,35H,13-16,18-19,22H2,1-3H3,(H-,44,45,47)/p+1/t29-,35-/m0/s1. The van der Waals surface area contributed by atoms with Gasteiger partial charge in [-0.25, -0.2) is 9.59 Å². The largest absolute Gasteiger partial charge is 0.497 e. The number of rotatable bonds is 12. The van der Waals surface area contributed by atoms with Crippen molar-refractivity contribution >= 4 is 41.0 Å². The minimum absolute atomic E-state index is 0.0145. The lowest BCUT2D eigenvalue weighted by atomic mass is 9.80. The molecule has 0 aliphatic carbocycles. The first kappa shape index (κ1) is 36.1. The molecule has 4 aromatic rings. The van der Waals surface area contributed by atoms with Crippen LogP contribution in [0.3, 0.4) is 0 Å². The molecule has 1 amide bonds. The van der Waals surface area contributed by atoms with Gasteiger partial charge < -0.3 is 24.1 Å². The summed E-state index contributed by atoms with van der Waals surface area (Å²) in [6.07, 6.45) is 3.93. The Labute approximate surface area is 306 Å². The number of nitrogens with zero attached hydrogens (tertiary/aromatic N) is 3. The average molecular weight is 738 g/mol. The smallest absolute Gasteiger partial charge is 0.414 e. The van der Waals surface area contributed by atoms with Crippen LogP contribution in [0.1, 0.15) is 51.4 Å². The Hall–Kier alpha value is -4.71. The fraction of sp³-hybridized carbons (Fsp3) is 0.342. The Bertz CT molecular complexity index is 1880. The highest BCUT2D eigenvalue weighted by atomic mass is 35.5. The summed E-state index contributed by atoms with van der Waals surface area (Å²) in [5.74, 6) is 0.00926. The maximum atomic E-state index is 14.2. The number of aromatic nitrogens is 1. The molecule has 51 heavy (non-hydrogen) atoms. The number of halogens is 2. The lowest BCUT2D eigenvalue weighted by Crippen LogP contribution is -2.53. The van der Waals surface area contributed by atoms with Crippen LogP contribution in [0, 0.1) is 5.92 Å². The van der Waals surface area contributed by atoms with E-state index in [1.165, 1.54) is 37.6 Å². The van der Waals surface area contributed by atoms with E-state index in [2.05, 4.69) is 4.90 Å². The van der Waals surface area contributed by atoms with E-state index in [1.807, 2.05) is 12.1 Å². The van der Waals surface area contributed by atoms with E-state index in [9.17, 15) is 19.9 Å². The van der Waals surface area contributed by atoms with Crippen LogP contribution in [-0.4, -0.2) is 74.3 Å². The van der Waals surface area contributed by atoms with Gasteiger partial charge in [0.05, 0.1) is 33.4 Å². The monoisotopic (exact) mass is 736 g/mol. The zero-order valence-corrected chi connectivity index (χ0v) is 30.1. The number of piperidine rings is 3. The van der Waals surface area contributed by atoms with E-state index in [4.69, 9.17) is 42.1 Å². The molecule has 0 saturated carbocycles. The molecule has 0 spiro atoms. The Morgan fingerprint density at radius 1 is 0.941 bits per heavy atom. The van der Waals surface area contributed by atoms with Crippen LogP contribution in [0.4, 0.5) is 10.5 Å². The van der Waals surface area contributed by atoms with Gasteiger partial charge in [-0.05, 0) is 97.4 Å². The lowest BCUT2D eigenvalue weighted by molar-refractivity contribution is -0.904. The van der Waals surface area contributed by atoms with Crippen molar-refractivity contribution in [2.45, 2.75) is 37.8 Å². The molecule has 3 aromatic carbocycles. The van der Waals surface area contributed by atoms with Crippen LogP contribution in [0.25, 0.3) is 0 Å². The van der Waals surface area contributed by atoms with Gasteiger partial charge in [0.1, 0.15) is 21.9 Å². The highest BCUT2D eigenvalue weighted by Crippen LogP contribution is 2.41. The van der Waals surface area contributed by atoms with Crippen LogP contribution in [-0.2, 0) is 17.7 Å². The topological polar surface area (TPSA) is 122 Å². The van der Waals surface area contributed by atoms with E-state index in [0.29, 0.717) is 51.7 Å². The van der Waals surface area contributed by atoms with E-state index < -0.39 is 18.0 Å². The zero-order chi connectivity index (χ0) is 36.2. The second kappa shape index (κ2) is 15.7. The number of carboxylic acid groups (broad SMARTS) is 1. The molecule has 4 heterocycles. The molecular formula is C38H40Cl2N3O8+.